The Morgan fingerprint density at radius 2 is 2.04 bits per heavy atom. The molecule has 3 rings (SSSR count). The summed E-state index contributed by atoms with van der Waals surface area (Å²) in [4.78, 5) is 15.1. The second-order valence-electron chi connectivity index (χ2n) is 6.08. The van der Waals surface area contributed by atoms with Crippen LogP contribution in [-0.4, -0.2) is 27.6 Å². The van der Waals surface area contributed by atoms with E-state index in [1.165, 1.54) is 6.07 Å². The summed E-state index contributed by atoms with van der Waals surface area (Å²) in [6.07, 6.45) is 1.11. The molecule has 2 N–H and O–H groups in total. The number of hydrogen-bond donors (Lipinski definition) is 2. The summed E-state index contributed by atoms with van der Waals surface area (Å²) in [6, 6.07) is 14.3. The van der Waals surface area contributed by atoms with Crippen molar-refractivity contribution < 1.29 is 4.92 Å². The molecule has 2 aromatic rings. The average molecular weight is 383 g/mol. The lowest BCUT2D eigenvalue weighted by atomic mass is 10.1. The normalized spacial score (nSPS) is 16.7. The molecule has 0 bridgehead atoms. The number of nitro benzene ring substituents is 1. The fraction of sp³-hybridized carbons (Fsp3) is 0.263. The van der Waals surface area contributed by atoms with Crippen LogP contribution in [-0.2, 0) is 0 Å². The molecule has 0 fully saturated rings. The van der Waals surface area contributed by atoms with Crippen molar-refractivity contribution in [2.24, 2.45) is 10.1 Å². The summed E-state index contributed by atoms with van der Waals surface area (Å²) in [7, 11) is 0. The van der Waals surface area contributed by atoms with Gasteiger partial charge in [-0.15, -0.1) is 0 Å². The summed E-state index contributed by atoms with van der Waals surface area (Å²) in [5.74, 6) is 0. The Morgan fingerprint density at radius 1 is 1.30 bits per heavy atom. The van der Waals surface area contributed by atoms with Crippen molar-refractivity contribution in [3.8, 4) is 0 Å². The van der Waals surface area contributed by atoms with Gasteiger partial charge in [0.15, 0.2) is 5.17 Å². The van der Waals surface area contributed by atoms with Gasteiger partial charge in [-0.25, -0.2) is 0 Å². The fourth-order valence-electron chi connectivity index (χ4n) is 2.55. The highest BCUT2D eigenvalue weighted by atomic mass is 32.2. The Kier molecular flexibility index (Phi) is 6.08. The maximum absolute atomic E-state index is 11.1. The highest BCUT2D eigenvalue weighted by molar-refractivity contribution is 8.15. The van der Waals surface area contributed by atoms with Crippen LogP contribution in [0, 0.1) is 10.1 Å². The van der Waals surface area contributed by atoms with E-state index < -0.39 is 4.92 Å². The number of rotatable bonds is 6. The first-order valence-corrected chi connectivity index (χ1v) is 9.57. The molecule has 0 spiro atoms. The lowest BCUT2D eigenvalue weighted by molar-refractivity contribution is -0.384. The maximum Gasteiger partial charge on any atom is 0.294 e. The van der Waals surface area contributed by atoms with Gasteiger partial charge in [0.05, 0.1) is 17.2 Å². The van der Waals surface area contributed by atoms with Crippen molar-refractivity contribution >= 4 is 39.7 Å². The molecular formula is C19H21N5O2S. The Bertz CT molecular complexity index is 880. The first-order valence-electron chi connectivity index (χ1n) is 8.69. The van der Waals surface area contributed by atoms with E-state index in [1.54, 1.807) is 30.0 Å². The molecule has 0 unspecified atom stereocenters. The van der Waals surface area contributed by atoms with E-state index in [9.17, 15) is 10.1 Å². The molecule has 8 heteroatoms. The highest BCUT2D eigenvalue weighted by Crippen LogP contribution is 2.25. The van der Waals surface area contributed by atoms with Gasteiger partial charge < -0.3 is 5.32 Å². The molecule has 1 aliphatic rings. The summed E-state index contributed by atoms with van der Waals surface area (Å²) >= 11 is 1.78. The summed E-state index contributed by atoms with van der Waals surface area (Å²) in [5.41, 5.74) is 5.78. The van der Waals surface area contributed by atoms with Gasteiger partial charge in [0.1, 0.15) is 5.69 Å². The molecule has 7 nitrogen and oxygen atoms in total. The van der Waals surface area contributed by atoms with Gasteiger partial charge in [0, 0.05) is 17.0 Å². The van der Waals surface area contributed by atoms with E-state index in [-0.39, 0.29) is 5.69 Å². The number of anilines is 2. The Hall–Kier alpha value is -2.87. The highest BCUT2D eigenvalue weighted by Gasteiger charge is 2.17. The van der Waals surface area contributed by atoms with Gasteiger partial charge in [-0.2, -0.15) is 5.10 Å². The van der Waals surface area contributed by atoms with Crippen molar-refractivity contribution in [1.29, 1.82) is 0 Å². The zero-order valence-corrected chi connectivity index (χ0v) is 16.0. The molecule has 0 saturated heterocycles. The predicted octanol–water partition coefficient (Wildman–Crippen LogP) is 4.72. The minimum atomic E-state index is -0.430. The van der Waals surface area contributed by atoms with Crippen molar-refractivity contribution in [3.05, 3.63) is 64.2 Å². The van der Waals surface area contributed by atoms with E-state index >= 15 is 0 Å². The summed E-state index contributed by atoms with van der Waals surface area (Å²) in [6.45, 7) is 4.89. The first-order chi connectivity index (χ1) is 13.1. The Morgan fingerprint density at radius 3 is 2.70 bits per heavy atom. The minimum absolute atomic E-state index is 0.00572. The van der Waals surface area contributed by atoms with Crippen LogP contribution in [0.1, 0.15) is 25.8 Å². The number of thioether (sulfide) groups is 1. The third-order valence-electron chi connectivity index (χ3n) is 4.17. The molecule has 1 heterocycles. The fourth-order valence-corrected chi connectivity index (χ4v) is 3.51. The molecule has 0 radical (unpaired) electrons. The molecular weight excluding hydrogens is 362 g/mol. The molecule has 1 aliphatic heterocycles. The van der Waals surface area contributed by atoms with Crippen LogP contribution in [0.15, 0.2) is 58.6 Å². The summed E-state index contributed by atoms with van der Waals surface area (Å²) in [5, 5.41) is 20.2. The van der Waals surface area contributed by atoms with E-state index in [0.29, 0.717) is 10.9 Å². The SMILES string of the molecule is CC[C@H]1CN=C(Nc2ccc(/C(C)=N\Nc3ccccc3[N+](=O)[O-])cc2)S1. The quantitative estimate of drug-likeness (QED) is 0.428. The van der Waals surface area contributed by atoms with Crippen LogP contribution in [0.4, 0.5) is 17.1 Å². The zero-order chi connectivity index (χ0) is 19.2. The van der Waals surface area contributed by atoms with Crippen LogP contribution in [0.25, 0.3) is 0 Å². The van der Waals surface area contributed by atoms with Crippen LogP contribution in [0.2, 0.25) is 0 Å². The van der Waals surface area contributed by atoms with Crippen molar-refractivity contribution in [1.82, 2.24) is 0 Å². The van der Waals surface area contributed by atoms with E-state index in [4.69, 9.17) is 0 Å². The number of hydrazone groups is 1. The number of nitrogens with zero attached hydrogens (tertiary/aromatic N) is 3. The van der Waals surface area contributed by atoms with E-state index in [1.807, 2.05) is 31.2 Å². The summed E-state index contributed by atoms with van der Waals surface area (Å²) < 4.78 is 0. The Labute approximate surface area is 162 Å². The molecule has 1 atom stereocenters. The van der Waals surface area contributed by atoms with Crippen LogP contribution in [0.3, 0.4) is 0 Å². The standard InChI is InChI=1S/C19H21N5O2S/c1-3-16-12-20-19(27-16)21-15-10-8-14(9-11-15)13(2)22-23-17-6-4-5-7-18(17)24(25)26/h4-11,16,23H,3,12H2,1-2H3,(H,20,21)/b22-13-/t16-/m0/s1. The molecule has 2 aromatic carbocycles. The molecule has 0 saturated carbocycles. The Balaban J connectivity index is 1.65. The largest absolute Gasteiger partial charge is 0.335 e. The second-order valence-corrected chi connectivity index (χ2v) is 7.37. The number of nitro groups is 1. The number of nitrogens with one attached hydrogen (secondary N) is 2. The van der Waals surface area contributed by atoms with Gasteiger partial charge in [-0.05, 0) is 37.1 Å². The van der Waals surface area contributed by atoms with Crippen LogP contribution < -0.4 is 10.7 Å². The van der Waals surface area contributed by atoms with Gasteiger partial charge in [0.25, 0.3) is 5.69 Å². The van der Waals surface area contributed by atoms with Crippen molar-refractivity contribution in [2.75, 3.05) is 17.3 Å². The lowest BCUT2D eigenvalue weighted by Crippen LogP contribution is -2.07. The second kappa shape index (κ2) is 8.68. The smallest absolute Gasteiger partial charge is 0.294 e. The van der Waals surface area contributed by atoms with Gasteiger partial charge in [-0.3, -0.25) is 20.5 Å². The van der Waals surface area contributed by atoms with Gasteiger partial charge in [-0.1, -0.05) is 43.0 Å². The van der Waals surface area contributed by atoms with E-state index in [0.717, 1.165) is 35.1 Å². The van der Waals surface area contributed by atoms with Crippen LogP contribution >= 0.6 is 11.8 Å². The third kappa shape index (κ3) is 4.85. The lowest BCUT2D eigenvalue weighted by Gasteiger charge is -2.08. The minimum Gasteiger partial charge on any atom is -0.335 e. The number of hydrogen-bond acceptors (Lipinski definition) is 7. The van der Waals surface area contributed by atoms with Gasteiger partial charge >= 0.3 is 0 Å². The zero-order valence-electron chi connectivity index (χ0n) is 15.2. The molecule has 0 amide bonds. The number of aliphatic imine (C=N–C) groups is 1. The van der Waals surface area contributed by atoms with Crippen molar-refractivity contribution in [2.45, 2.75) is 25.5 Å². The number of benzene rings is 2. The topological polar surface area (TPSA) is 91.9 Å². The maximum atomic E-state index is 11.1. The first kappa shape index (κ1) is 18.9. The number of para-hydroxylation sites is 2. The molecule has 27 heavy (non-hydrogen) atoms. The third-order valence-corrected chi connectivity index (χ3v) is 5.44. The van der Waals surface area contributed by atoms with Crippen LogP contribution in [0.5, 0.6) is 0 Å². The van der Waals surface area contributed by atoms with E-state index in [2.05, 4.69) is 27.8 Å². The molecule has 0 aliphatic carbocycles. The predicted molar refractivity (Wildman–Crippen MR) is 113 cm³/mol. The average Bonchev–Trinajstić information content (AvgIpc) is 3.14. The monoisotopic (exact) mass is 383 g/mol. The molecule has 140 valence electrons. The number of amidine groups is 1. The van der Waals surface area contributed by atoms with Gasteiger partial charge in [0.2, 0.25) is 0 Å². The molecule has 0 aromatic heterocycles. The van der Waals surface area contributed by atoms with Crippen molar-refractivity contribution in [3.63, 3.8) is 0 Å².